The number of carbonyl (C=O) groups excluding carboxylic acids is 7. The molecule has 6 amide bonds. The van der Waals surface area contributed by atoms with Crippen LogP contribution in [0.15, 0.2) is 29.3 Å². The fraction of sp³-hybridized carbons (Fsp3) is 0.795. The largest absolute Gasteiger partial charge is 0.481 e. The van der Waals surface area contributed by atoms with Crippen molar-refractivity contribution in [1.29, 1.82) is 0 Å². The zero-order valence-corrected chi connectivity index (χ0v) is 70.5. The number of piperazine rings is 1. The molecule has 1 aliphatic rings. The average Bonchev–Trinajstić information content (AvgIpc) is 0.791. The minimum atomic E-state index is -1.54. The number of rotatable bonds is 78. The Morgan fingerprint density at radius 2 is 0.862 bits per heavy atom. The van der Waals surface area contributed by atoms with E-state index in [0.717, 1.165) is 25.7 Å². The fourth-order valence-electron chi connectivity index (χ4n) is 12.6. The normalized spacial score (nSPS) is 13.6. The molecule has 664 valence electrons. The highest BCUT2D eigenvalue weighted by Gasteiger charge is 2.36. The third-order valence-corrected chi connectivity index (χ3v) is 19.5. The third-order valence-electron chi connectivity index (χ3n) is 19.5. The number of aromatic nitrogens is 2. The number of ether oxygens (including phenoxy) is 12. The smallest absolute Gasteiger partial charge is 0.303 e. The summed E-state index contributed by atoms with van der Waals surface area (Å²) in [7, 11) is 1.63. The Labute approximate surface area is 687 Å². The Bertz CT molecular complexity index is 3040. The second-order valence-electron chi connectivity index (χ2n) is 29.1. The third kappa shape index (κ3) is 51.4. The van der Waals surface area contributed by atoms with E-state index < -0.39 is 90.8 Å². The fourth-order valence-corrected chi connectivity index (χ4v) is 12.6. The van der Waals surface area contributed by atoms with Gasteiger partial charge in [-0.25, -0.2) is 4.98 Å². The first-order valence-electron chi connectivity index (χ1n) is 42.7. The minimum absolute atomic E-state index is 0.0846. The lowest BCUT2D eigenvalue weighted by molar-refractivity contribution is -0.140. The monoisotopic (exact) mass is 1650 g/mol. The molecule has 2 heterocycles. The molecule has 5 atom stereocenters. The predicted molar refractivity (Wildman–Crippen MR) is 438 cm³/mol. The van der Waals surface area contributed by atoms with Crippen molar-refractivity contribution in [2.24, 2.45) is 5.92 Å². The maximum absolute atomic E-state index is 14.7. The maximum Gasteiger partial charge on any atom is 0.303 e. The van der Waals surface area contributed by atoms with Crippen molar-refractivity contribution in [1.82, 2.24) is 41.0 Å². The summed E-state index contributed by atoms with van der Waals surface area (Å²) < 4.78 is 66.8. The predicted octanol–water partition coefficient (Wildman–Crippen LogP) is 6.90. The van der Waals surface area contributed by atoms with Gasteiger partial charge in [-0.05, 0) is 69.6 Å². The van der Waals surface area contributed by atoms with Crippen molar-refractivity contribution in [2.75, 3.05) is 197 Å². The van der Waals surface area contributed by atoms with E-state index in [2.05, 4.69) is 38.5 Å². The summed E-state index contributed by atoms with van der Waals surface area (Å²) in [6, 6.07) is -0.0803. The van der Waals surface area contributed by atoms with Gasteiger partial charge in [0.15, 0.2) is 0 Å². The van der Waals surface area contributed by atoms with Gasteiger partial charge < -0.3 is 103 Å². The van der Waals surface area contributed by atoms with Crippen LogP contribution >= 0.6 is 0 Å². The number of aliphatic carboxylic acids is 2. The molecule has 3 rings (SSSR count). The molecule has 1 aromatic carbocycles. The number of carbonyl (C=O) groups is 9. The zero-order chi connectivity index (χ0) is 84.3. The van der Waals surface area contributed by atoms with Crippen molar-refractivity contribution >= 4 is 69.8 Å². The standard InChI is InChI=1S/C83H143N9O24/c1-6-8-9-10-11-12-13-14-15-16-17-18-19-20-21-22-23-27-75(95)86-71(30-32-76(96)97)79(100)87-72(31-33-77(98)99)80(101)89-78(66(3)7-2)81(102)88-73(83(104)91-38-36-90(37-39-91)68-28-29-70-69(63-68)82(103)92(65-85-70)64-67(4)93)26-24-25-35-84-74(94)34-40-106-43-44-108-47-48-110-51-52-112-55-56-114-59-60-116-62-61-115-58-57-113-54-53-111-50-49-109-46-45-107-42-41-105-5/h28-29,63,65-66,71-73,78H,6-27,30-62,64H2,1-5H3,(H,84,94)(H,86,95)(H,87,100)(H,88,102)(H,89,101)(H,96,97)(H,98,99)/t66-,71-,72-,73-,78-/m0/s1. The van der Waals surface area contributed by atoms with E-state index >= 15 is 0 Å². The van der Waals surface area contributed by atoms with Crippen LogP contribution in [0.1, 0.15) is 201 Å². The van der Waals surface area contributed by atoms with E-state index in [9.17, 15) is 58.2 Å². The minimum Gasteiger partial charge on any atom is -0.481 e. The van der Waals surface area contributed by atoms with Gasteiger partial charge in [-0.1, -0.05) is 130 Å². The number of hydrogen-bond donors (Lipinski definition) is 7. The molecule has 33 nitrogen and oxygen atoms in total. The van der Waals surface area contributed by atoms with Gasteiger partial charge in [-0.15, -0.1) is 0 Å². The van der Waals surface area contributed by atoms with E-state index in [1.807, 2.05) is 11.0 Å². The lowest BCUT2D eigenvalue weighted by atomic mass is 9.96. The molecule has 33 heteroatoms. The van der Waals surface area contributed by atoms with Gasteiger partial charge in [-0.2, -0.15) is 0 Å². The highest BCUT2D eigenvalue weighted by atomic mass is 16.6. The number of amides is 6. The maximum atomic E-state index is 14.7. The number of unbranched alkanes of at least 4 members (excludes halogenated alkanes) is 17. The summed E-state index contributed by atoms with van der Waals surface area (Å²) in [5, 5.41) is 33.4. The molecule has 0 unspecified atom stereocenters. The Morgan fingerprint density at radius 1 is 0.448 bits per heavy atom. The number of carboxylic acids is 2. The number of anilines is 1. The van der Waals surface area contributed by atoms with Crippen LogP contribution in [0.2, 0.25) is 0 Å². The van der Waals surface area contributed by atoms with Crippen molar-refractivity contribution in [3.05, 3.63) is 34.9 Å². The van der Waals surface area contributed by atoms with Gasteiger partial charge in [0.2, 0.25) is 35.4 Å². The van der Waals surface area contributed by atoms with E-state index in [1.165, 1.54) is 94.9 Å². The molecule has 2 aromatic rings. The Balaban J connectivity index is 1.45. The number of benzene rings is 1. The van der Waals surface area contributed by atoms with Crippen molar-refractivity contribution in [2.45, 2.75) is 232 Å². The molecule has 0 saturated carbocycles. The van der Waals surface area contributed by atoms with Gasteiger partial charge in [-0.3, -0.25) is 52.5 Å². The molecule has 1 aliphatic heterocycles. The van der Waals surface area contributed by atoms with Crippen molar-refractivity contribution in [3.63, 3.8) is 0 Å². The summed E-state index contributed by atoms with van der Waals surface area (Å²) in [4.78, 5) is 141. The molecule has 0 radical (unpaired) electrons. The lowest BCUT2D eigenvalue weighted by Crippen LogP contribution is -2.60. The topological polar surface area (TPSA) is 406 Å². The molecule has 0 bridgehead atoms. The quantitative estimate of drug-likeness (QED) is 0.0331. The number of fused-ring (bicyclic) bond motifs is 1. The van der Waals surface area contributed by atoms with E-state index in [4.69, 9.17) is 56.8 Å². The number of Topliss-reactive ketones (excluding diaryl/α,β-unsaturated/α-hetero) is 1. The van der Waals surface area contributed by atoms with Crippen LogP contribution in [0.4, 0.5) is 5.69 Å². The summed E-state index contributed by atoms with van der Waals surface area (Å²) in [5.74, 6) is -6.93. The van der Waals surface area contributed by atoms with Crippen molar-refractivity contribution in [3.8, 4) is 0 Å². The molecule has 0 spiro atoms. The number of hydrogen-bond acceptors (Lipinski definition) is 24. The van der Waals surface area contributed by atoms with Gasteiger partial charge in [0, 0.05) is 71.2 Å². The SMILES string of the molecule is CCCCCCCCCCCCCCCCCCCC(=O)N[C@@H](CCC(=O)O)C(=O)N[C@@H](CCC(=O)O)C(=O)N[C@H](C(=O)N[C@@H](CCCCNC(=O)CCOCCOCCOCCOCCOCCOCCOCCOCCOCCOCCOCCOC)C(=O)N1CCN(c2ccc3ncn(CC(C)=O)c(=O)c3c2)CC1)[C@@H](C)CC. The van der Waals surface area contributed by atoms with Crippen LogP contribution in [0.25, 0.3) is 10.9 Å². The Hall–Kier alpha value is -6.89. The molecular formula is C83H143N9O24. The number of ketones is 1. The Kier molecular flexibility index (Phi) is 61.4. The van der Waals surface area contributed by atoms with Crippen LogP contribution in [0.5, 0.6) is 0 Å². The lowest BCUT2D eigenvalue weighted by Gasteiger charge is -2.38. The van der Waals surface area contributed by atoms with Gasteiger partial charge in [0.05, 0.1) is 176 Å². The van der Waals surface area contributed by atoms with Crippen LogP contribution < -0.4 is 37.0 Å². The highest BCUT2D eigenvalue weighted by molar-refractivity contribution is 5.96. The molecule has 1 fully saturated rings. The van der Waals surface area contributed by atoms with Crippen LogP contribution in [0, 0.1) is 5.92 Å². The number of carboxylic acid groups (broad SMARTS) is 2. The first-order chi connectivity index (χ1) is 56.4. The number of methoxy groups -OCH3 is 1. The van der Waals surface area contributed by atoms with Crippen molar-refractivity contribution < 1.29 is 110 Å². The molecule has 1 aromatic heterocycles. The zero-order valence-electron chi connectivity index (χ0n) is 70.5. The molecule has 0 aliphatic carbocycles. The van der Waals surface area contributed by atoms with Gasteiger partial charge in [0.25, 0.3) is 5.56 Å². The summed E-state index contributed by atoms with van der Waals surface area (Å²) in [6.45, 7) is 18.2. The molecule has 1 saturated heterocycles. The number of nitrogens with one attached hydrogen (secondary N) is 5. The molecule has 7 N–H and O–H groups in total. The van der Waals surface area contributed by atoms with Crippen LogP contribution in [0.3, 0.4) is 0 Å². The number of nitrogens with zero attached hydrogens (tertiary/aromatic N) is 4. The second-order valence-corrected chi connectivity index (χ2v) is 29.1. The van der Waals surface area contributed by atoms with Crippen LogP contribution in [-0.2, 0) is 107 Å². The van der Waals surface area contributed by atoms with E-state index in [-0.39, 0.29) is 82.3 Å². The summed E-state index contributed by atoms with van der Waals surface area (Å²) in [6.07, 6.45) is 20.9. The second kappa shape index (κ2) is 69.0. The highest BCUT2D eigenvalue weighted by Crippen LogP contribution is 2.23. The average molecular weight is 1650 g/mol. The van der Waals surface area contributed by atoms with E-state index in [0.29, 0.717) is 194 Å². The van der Waals surface area contributed by atoms with Crippen LogP contribution in [-0.4, -0.2) is 294 Å². The first kappa shape index (κ1) is 103. The first-order valence-corrected chi connectivity index (χ1v) is 42.7. The molecule has 116 heavy (non-hydrogen) atoms. The van der Waals surface area contributed by atoms with E-state index in [1.54, 1.807) is 38.0 Å². The van der Waals surface area contributed by atoms with Gasteiger partial charge >= 0.3 is 11.9 Å². The summed E-state index contributed by atoms with van der Waals surface area (Å²) in [5.41, 5.74) is 0.801. The summed E-state index contributed by atoms with van der Waals surface area (Å²) >= 11 is 0. The van der Waals surface area contributed by atoms with Gasteiger partial charge in [0.1, 0.15) is 30.0 Å². The molecular weight excluding hydrogens is 1510 g/mol. The Morgan fingerprint density at radius 3 is 1.29 bits per heavy atom.